The highest BCUT2D eigenvalue weighted by Gasteiger charge is 2.45. The zero-order valence-electron chi connectivity index (χ0n) is 60.0. The number of aliphatic hydroxyl groups excluding tert-OH is 4. The van der Waals surface area contributed by atoms with Crippen molar-refractivity contribution in [3.8, 4) is 0 Å². The summed E-state index contributed by atoms with van der Waals surface area (Å²) < 4.78 is 69.4. The molecule has 36 nitrogen and oxygen atoms in total. The van der Waals surface area contributed by atoms with E-state index in [-0.39, 0.29) is 62.0 Å². The van der Waals surface area contributed by atoms with Crippen LogP contribution < -0.4 is 76.1 Å². The number of nitrogens with one attached hydrogen (secondary N) is 10. The molecule has 1 aliphatic heterocycles. The van der Waals surface area contributed by atoms with Gasteiger partial charge in [0.25, 0.3) is 0 Å². The summed E-state index contributed by atoms with van der Waals surface area (Å²) in [6.07, 6.45) is -18.4. The molecule has 1 saturated heterocycles. The topological polar surface area (TPSA) is 606 Å². The number of aliphatic imine (C=N–C) groups is 1. The molecular weight excluding hydrogens is 1430 g/mol. The van der Waals surface area contributed by atoms with Crippen LogP contribution in [-0.2, 0) is 71.9 Å². The average Bonchev–Trinajstić information content (AvgIpc) is 0.813. The van der Waals surface area contributed by atoms with E-state index in [0.29, 0.717) is 6.04 Å². The molecule has 1 aromatic rings. The monoisotopic (exact) mass is 1530 g/mol. The number of alkyl halides is 6. The second-order valence-corrected chi connectivity index (χ2v) is 32.3. The molecule has 0 spiro atoms. The fourth-order valence-corrected chi connectivity index (χ4v) is 10.9. The Balaban J connectivity index is 0.00000696. The van der Waals surface area contributed by atoms with E-state index in [1.807, 2.05) is 30.3 Å². The van der Waals surface area contributed by atoms with Gasteiger partial charge in [-0.25, -0.2) is 14.4 Å². The number of carbonyl (C=O) groups is 14. The molecular formula is C62H101F6N15O21Si. The van der Waals surface area contributed by atoms with Gasteiger partial charge in [-0.05, 0) is 67.9 Å². The molecule has 0 radical (unpaired) electrons. The lowest BCUT2D eigenvalue weighted by Crippen LogP contribution is -2.64. The second-order valence-electron chi connectivity index (χ2n) is 26.8. The van der Waals surface area contributed by atoms with Crippen LogP contribution in [0.25, 0.3) is 0 Å². The van der Waals surface area contributed by atoms with Gasteiger partial charge in [0.1, 0.15) is 48.3 Å². The molecule has 43 heteroatoms. The number of carboxylic acids is 2. The van der Waals surface area contributed by atoms with E-state index in [0.717, 1.165) is 6.92 Å². The molecule has 1 aromatic carbocycles. The summed E-state index contributed by atoms with van der Waals surface area (Å²) in [4.78, 5) is 192. The number of ether oxygens (including phenoxy) is 1. The van der Waals surface area contributed by atoms with Gasteiger partial charge in [-0.15, -0.1) is 0 Å². The summed E-state index contributed by atoms with van der Waals surface area (Å²) in [5, 5.41) is 82.4. The predicted octanol–water partition coefficient (Wildman–Crippen LogP) is -3.88. The Morgan fingerprint density at radius 1 is 0.648 bits per heavy atom. The number of esters is 1. The molecule has 596 valence electrons. The first kappa shape index (κ1) is 95.7. The van der Waals surface area contributed by atoms with E-state index < -0.39 is 213 Å². The van der Waals surface area contributed by atoms with E-state index in [9.17, 15) is 99.5 Å². The van der Waals surface area contributed by atoms with Crippen LogP contribution in [0.3, 0.4) is 0 Å². The van der Waals surface area contributed by atoms with Crippen LogP contribution >= 0.6 is 0 Å². The quantitative estimate of drug-likeness (QED) is 0.0124. The van der Waals surface area contributed by atoms with Crippen molar-refractivity contribution >= 4 is 96.9 Å². The number of hydrogen-bond acceptors (Lipinski definition) is 21. The smallest absolute Gasteiger partial charge is 0.475 e. The molecule has 1 heterocycles. The number of nitrogens with two attached hydrogens (primary N) is 4. The molecule has 0 aromatic heterocycles. The number of benzene rings is 1. The maximum Gasteiger partial charge on any atom is 0.490 e. The summed E-state index contributed by atoms with van der Waals surface area (Å²) in [6.45, 7) is 17.7. The van der Waals surface area contributed by atoms with Crippen molar-refractivity contribution in [2.75, 3.05) is 19.7 Å². The number of amides is 11. The summed E-state index contributed by atoms with van der Waals surface area (Å²) >= 11 is 0. The lowest BCUT2D eigenvalue weighted by atomic mass is 9.95. The minimum absolute atomic E-state index is 0.0471. The number of primary amides is 1. The summed E-state index contributed by atoms with van der Waals surface area (Å²) in [5.74, 6) is -22.6. The Labute approximate surface area is 601 Å². The average molecular weight is 1530 g/mol. The largest absolute Gasteiger partial charge is 0.490 e. The maximum atomic E-state index is 15.4. The van der Waals surface area contributed by atoms with Crippen molar-refractivity contribution in [3.05, 3.63) is 35.9 Å². The van der Waals surface area contributed by atoms with E-state index in [1.54, 1.807) is 41.5 Å². The molecule has 0 aliphatic carbocycles. The summed E-state index contributed by atoms with van der Waals surface area (Å²) in [5.41, 5.74) is 22.7. The first-order valence-electron chi connectivity index (χ1n) is 32.8. The number of cyclic esters (lactones) is 1. The highest BCUT2D eigenvalue weighted by molar-refractivity contribution is 6.76. The lowest BCUT2D eigenvalue weighted by molar-refractivity contribution is -0.193. The van der Waals surface area contributed by atoms with Gasteiger partial charge in [0.15, 0.2) is 24.2 Å². The highest BCUT2D eigenvalue weighted by Crippen LogP contribution is 2.25. The molecule has 2 unspecified atom stereocenters. The molecule has 105 heavy (non-hydrogen) atoms. The van der Waals surface area contributed by atoms with E-state index in [4.69, 9.17) is 47.5 Å². The van der Waals surface area contributed by atoms with Gasteiger partial charge in [-0.2, -0.15) is 26.3 Å². The van der Waals surface area contributed by atoms with Gasteiger partial charge in [-0.3, -0.25) is 57.7 Å². The van der Waals surface area contributed by atoms with E-state index >= 15 is 4.79 Å². The SMILES string of the molecule is CC[C@H](C)C1NC(=O)[C@@H](CCCN=C(N)N)NC(=O)[C@H](CC(C)C)NC(=O)[C@H]([C@H](O)C(C)C)NC(=O)[C@@H](NC(=O)[C@H](CC(C)C)NC(=O)[C@H](N)C[Si](C)(C)C)[C@@H](c2ccccc2)OC(=O)[C@H](CO)NC(=O)[C@H]([C@H](O)C(N)=O)NC(=O)CNC(=O)C([C@H](C)O)NC1=O.O=C(O)C(F)(F)F.O=C(O)C(F)(F)F. The third-order valence-corrected chi connectivity index (χ3v) is 16.7. The number of guanidine groups is 1. The molecule has 0 bridgehead atoms. The van der Waals surface area contributed by atoms with Gasteiger partial charge in [0, 0.05) is 14.6 Å². The first-order chi connectivity index (χ1) is 48.2. The van der Waals surface area contributed by atoms with Crippen LogP contribution in [0.15, 0.2) is 35.3 Å². The van der Waals surface area contributed by atoms with Crippen LogP contribution in [0.5, 0.6) is 0 Å². The number of aliphatic hydroxyl groups is 4. The van der Waals surface area contributed by atoms with Crippen LogP contribution in [0.4, 0.5) is 26.3 Å². The first-order valence-corrected chi connectivity index (χ1v) is 36.5. The molecule has 1 fully saturated rings. The second kappa shape index (κ2) is 44.5. The molecule has 1 aliphatic rings. The number of hydrogen-bond donors (Lipinski definition) is 20. The van der Waals surface area contributed by atoms with Crippen molar-refractivity contribution in [2.45, 2.75) is 217 Å². The fourth-order valence-electron chi connectivity index (χ4n) is 9.39. The Hall–Kier alpha value is -9.33. The Morgan fingerprint density at radius 3 is 1.59 bits per heavy atom. The van der Waals surface area contributed by atoms with Crippen molar-refractivity contribution in [2.24, 2.45) is 51.6 Å². The van der Waals surface area contributed by atoms with Gasteiger partial charge in [0.2, 0.25) is 65.0 Å². The maximum absolute atomic E-state index is 15.4. The Kier molecular flexibility index (Phi) is 40.5. The number of carbonyl (C=O) groups excluding carboxylic acids is 12. The molecule has 2 rings (SSSR count). The van der Waals surface area contributed by atoms with Crippen LogP contribution in [0.1, 0.15) is 106 Å². The van der Waals surface area contributed by atoms with Crippen LogP contribution in [0.2, 0.25) is 25.7 Å². The van der Waals surface area contributed by atoms with Crippen molar-refractivity contribution in [1.82, 2.24) is 53.2 Å². The number of rotatable bonds is 23. The minimum Gasteiger partial charge on any atom is -0.475 e. The Bertz CT molecular complexity index is 3120. The van der Waals surface area contributed by atoms with Gasteiger partial charge < -0.3 is 111 Å². The summed E-state index contributed by atoms with van der Waals surface area (Å²) in [6, 6.07) is -10.4. The highest BCUT2D eigenvalue weighted by atomic mass is 28.3. The zero-order valence-corrected chi connectivity index (χ0v) is 61.0. The lowest BCUT2D eigenvalue weighted by Gasteiger charge is -2.34. The third kappa shape index (κ3) is 35.3. The summed E-state index contributed by atoms with van der Waals surface area (Å²) in [7, 11) is -1.98. The van der Waals surface area contributed by atoms with Gasteiger partial charge >= 0.3 is 30.3 Å². The predicted molar refractivity (Wildman–Crippen MR) is 362 cm³/mol. The molecule has 24 N–H and O–H groups in total. The van der Waals surface area contributed by atoms with Gasteiger partial charge in [-0.1, -0.05) is 112 Å². The number of nitrogens with zero attached hydrogens (tertiary/aromatic N) is 1. The number of carboxylic acid groups (broad SMARTS) is 2. The number of halogens is 6. The van der Waals surface area contributed by atoms with Crippen molar-refractivity contribution in [1.29, 1.82) is 0 Å². The van der Waals surface area contributed by atoms with Gasteiger partial charge in [0.05, 0.1) is 31.4 Å². The molecule has 15 atom stereocenters. The standard InChI is InChI=1S/C58H99N15O17Si.2C2HF3O2/c1-13-30(8)39-53(85)71-40(31(9)75)52(84)64-24-38(76)69-42(45(78)47(60)79)55(87)68-37(25-74)57(89)90-46(32-18-15-14-16-19-32)43(73-51(83)36(23-28(4)5)66-48(80)33(59)26-91(10,11)12)56(88)72-41(44(77)29(6)7)54(86)67-35(22-27(2)3)50(82)65-34(49(81)70-39)20-17-21-63-58(61)62;2*3-2(4,5)1(6)7/h14-16,18-19,27-31,33-37,39-46,74-75,77-78H,13,17,20-26,59H2,1-12H3,(H2,60,79)(H,64,84)(H,65,82)(H,66,80)(H,67,86)(H,68,87)(H,69,76)(H,70,81)(H,71,85)(H,72,88)(H,73,83)(H4,61,62,63);2*(H,6,7)/t30-,31-,33+,34+,35-,36-,37-,39?,40?,41-,42-,43-,44+,45-,46+;;/m0../s1. The van der Waals surface area contributed by atoms with Crippen LogP contribution in [-0.4, -0.2) is 238 Å². The molecule has 11 amide bonds. The van der Waals surface area contributed by atoms with Crippen molar-refractivity contribution < 1.29 is 129 Å². The van der Waals surface area contributed by atoms with Crippen LogP contribution in [0, 0.1) is 23.7 Å². The zero-order chi connectivity index (χ0) is 81.5. The number of aliphatic carboxylic acids is 2. The van der Waals surface area contributed by atoms with E-state index in [2.05, 4.69) is 47.5 Å². The third-order valence-electron chi connectivity index (χ3n) is 15.0. The Morgan fingerprint density at radius 2 is 1.13 bits per heavy atom. The normalized spacial score (nSPS) is 22.9. The minimum atomic E-state index is -5.08. The molecule has 0 saturated carbocycles. The van der Waals surface area contributed by atoms with Crippen molar-refractivity contribution in [3.63, 3.8) is 0 Å². The van der Waals surface area contributed by atoms with E-state index in [1.165, 1.54) is 44.2 Å². The fraction of sp³-hybridized carbons (Fsp3) is 0.661.